The van der Waals surface area contributed by atoms with Gasteiger partial charge in [0.05, 0.1) is 17.6 Å². The van der Waals surface area contributed by atoms with Crippen molar-refractivity contribution >= 4 is 23.7 Å². The molecular formula is C22H29N3O4S. The third-order valence-corrected chi connectivity index (χ3v) is 8.35. The van der Waals surface area contributed by atoms with Crippen LogP contribution in [0.3, 0.4) is 0 Å². The van der Waals surface area contributed by atoms with Gasteiger partial charge in [0.1, 0.15) is 0 Å². The fourth-order valence-electron chi connectivity index (χ4n) is 5.26. The summed E-state index contributed by atoms with van der Waals surface area (Å²) >= 11 is 1.93. The summed E-state index contributed by atoms with van der Waals surface area (Å²) in [5.41, 5.74) is 0.835. The van der Waals surface area contributed by atoms with E-state index in [9.17, 15) is 9.59 Å². The Hall–Kier alpha value is -2.09. The first-order valence-corrected chi connectivity index (χ1v) is 12.1. The van der Waals surface area contributed by atoms with Crippen LogP contribution >= 0.6 is 11.8 Å². The summed E-state index contributed by atoms with van der Waals surface area (Å²) in [5.74, 6) is 2.65. The van der Waals surface area contributed by atoms with Crippen LogP contribution in [0.25, 0.3) is 0 Å². The van der Waals surface area contributed by atoms with Crippen molar-refractivity contribution < 1.29 is 19.1 Å². The molecule has 0 aromatic heterocycles. The normalized spacial score (nSPS) is 28.1. The Balaban J connectivity index is 1.13. The minimum Gasteiger partial charge on any atom is -0.454 e. The van der Waals surface area contributed by atoms with Crippen molar-refractivity contribution in [3.05, 3.63) is 23.8 Å². The van der Waals surface area contributed by atoms with E-state index in [0.717, 1.165) is 67.8 Å². The molecule has 3 atom stereocenters. The maximum Gasteiger partial charge on any atom is 0.315 e. The van der Waals surface area contributed by atoms with Gasteiger partial charge >= 0.3 is 6.03 Å². The number of carbonyl (C=O) groups is 2. The van der Waals surface area contributed by atoms with Crippen molar-refractivity contribution in [3.8, 4) is 11.5 Å². The molecule has 8 heteroatoms. The van der Waals surface area contributed by atoms with Gasteiger partial charge in [-0.1, -0.05) is 25.3 Å². The van der Waals surface area contributed by atoms with Crippen LogP contribution in [0.5, 0.6) is 11.5 Å². The molecule has 4 aliphatic rings. The molecule has 7 nitrogen and oxygen atoms in total. The molecular weight excluding hydrogens is 402 g/mol. The van der Waals surface area contributed by atoms with Crippen molar-refractivity contribution in [2.75, 3.05) is 12.5 Å². The molecule has 5 rings (SSSR count). The van der Waals surface area contributed by atoms with Crippen LogP contribution in [0.1, 0.15) is 56.9 Å². The molecule has 0 bridgehead atoms. The molecule has 3 heterocycles. The predicted octanol–water partition coefficient (Wildman–Crippen LogP) is 3.03. The monoisotopic (exact) mass is 431 g/mol. The summed E-state index contributed by atoms with van der Waals surface area (Å²) in [5, 5.41) is 9.83. The van der Waals surface area contributed by atoms with E-state index in [4.69, 9.17) is 9.47 Å². The second-order valence-electron chi connectivity index (χ2n) is 8.77. The van der Waals surface area contributed by atoms with E-state index in [1.807, 2.05) is 23.9 Å². The van der Waals surface area contributed by atoms with Gasteiger partial charge in [-0.2, -0.15) is 11.8 Å². The molecule has 1 aromatic carbocycles. The summed E-state index contributed by atoms with van der Waals surface area (Å²) in [6, 6.07) is 6.51. The summed E-state index contributed by atoms with van der Waals surface area (Å²) < 4.78 is 11.0. The van der Waals surface area contributed by atoms with Gasteiger partial charge in [-0.15, -0.1) is 0 Å². The second-order valence-corrected chi connectivity index (χ2v) is 10.0. The topological polar surface area (TPSA) is 88.7 Å². The molecule has 2 saturated heterocycles. The Morgan fingerprint density at radius 2 is 2.00 bits per heavy atom. The fraction of sp³-hybridized carbons (Fsp3) is 0.636. The first-order chi connectivity index (χ1) is 14.6. The largest absolute Gasteiger partial charge is 0.454 e. The van der Waals surface area contributed by atoms with Gasteiger partial charge < -0.3 is 25.4 Å². The van der Waals surface area contributed by atoms with E-state index in [0.29, 0.717) is 11.7 Å². The lowest BCUT2D eigenvalue weighted by Crippen LogP contribution is -2.43. The van der Waals surface area contributed by atoms with Crippen molar-refractivity contribution in [1.29, 1.82) is 0 Å². The SMILES string of the molecule is O=C(CCCC[C@@H]1SC[C@@H]2NC(=O)N[C@H]21)NC1(c2ccc3c(c2)OCO3)CCCC1. The number of unbranched alkanes of at least 4 members (excludes halogenated alkanes) is 1. The number of rotatable bonds is 7. The fourth-order valence-corrected chi connectivity index (χ4v) is 6.81. The molecule has 0 spiro atoms. The summed E-state index contributed by atoms with van der Waals surface area (Å²) in [6.45, 7) is 0.263. The Labute approximate surface area is 181 Å². The third-order valence-electron chi connectivity index (χ3n) is 6.84. The van der Waals surface area contributed by atoms with Crippen LogP contribution in [-0.2, 0) is 10.3 Å². The van der Waals surface area contributed by atoms with Crippen LogP contribution in [0, 0.1) is 0 Å². The van der Waals surface area contributed by atoms with Crippen molar-refractivity contribution in [2.24, 2.45) is 0 Å². The summed E-state index contributed by atoms with van der Waals surface area (Å²) in [6.07, 6.45) is 7.63. The Morgan fingerprint density at radius 3 is 2.87 bits per heavy atom. The molecule has 1 saturated carbocycles. The van der Waals surface area contributed by atoms with Crippen molar-refractivity contribution in [3.63, 3.8) is 0 Å². The zero-order chi connectivity index (χ0) is 20.6. The first kappa shape index (κ1) is 19.8. The van der Waals surface area contributed by atoms with Gasteiger partial charge in [0.25, 0.3) is 0 Å². The Bertz CT molecular complexity index is 827. The highest BCUT2D eigenvalue weighted by Gasteiger charge is 2.42. The molecule has 3 N–H and O–H groups in total. The van der Waals surface area contributed by atoms with Crippen LogP contribution in [-0.4, -0.2) is 41.8 Å². The van der Waals surface area contributed by atoms with E-state index in [1.165, 1.54) is 0 Å². The lowest BCUT2D eigenvalue weighted by Gasteiger charge is -2.31. The number of carbonyl (C=O) groups excluding carboxylic acids is 2. The number of amides is 3. The first-order valence-electron chi connectivity index (χ1n) is 11.0. The van der Waals surface area contributed by atoms with Gasteiger partial charge in [0, 0.05) is 17.4 Å². The average molecular weight is 432 g/mol. The minimum atomic E-state index is -0.285. The van der Waals surface area contributed by atoms with Gasteiger partial charge in [0.2, 0.25) is 12.7 Å². The molecule has 0 unspecified atom stereocenters. The number of benzene rings is 1. The van der Waals surface area contributed by atoms with E-state index >= 15 is 0 Å². The Kier molecular flexibility index (Phi) is 5.43. The van der Waals surface area contributed by atoms with E-state index in [1.54, 1.807) is 0 Å². The molecule has 1 aromatic rings. The molecule has 3 aliphatic heterocycles. The van der Waals surface area contributed by atoms with Gasteiger partial charge in [0.15, 0.2) is 11.5 Å². The van der Waals surface area contributed by atoms with Crippen LogP contribution in [0.4, 0.5) is 4.79 Å². The molecule has 30 heavy (non-hydrogen) atoms. The highest BCUT2D eigenvalue weighted by atomic mass is 32.2. The van der Waals surface area contributed by atoms with E-state index in [-0.39, 0.29) is 36.4 Å². The minimum absolute atomic E-state index is 0.0416. The summed E-state index contributed by atoms with van der Waals surface area (Å²) in [4.78, 5) is 24.3. The maximum absolute atomic E-state index is 12.8. The molecule has 0 radical (unpaired) electrons. The Morgan fingerprint density at radius 1 is 1.17 bits per heavy atom. The van der Waals surface area contributed by atoms with Crippen LogP contribution in [0.2, 0.25) is 0 Å². The highest BCUT2D eigenvalue weighted by Crippen LogP contribution is 2.43. The standard InChI is InChI=1S/C22H29N3O4S/c26-19(6-2-1-5-18-20-15(12-30-18)23-21(27)24-20)25-22(9-3-4-10-22)14-7-8-16-17(11-14)29-13-28-16/h7-8,11,15,18,20H,1-6,9-10,12-13H2,(H,25,26)(H2,23,24,27)/t15-,18-,20+/m0/s1. The summed E-state index contributed by atoms with van der Waals surface area (Å²) in [7, 11) is 0. The van der Waals surface area contributed by atoms with Crippen molar-refractivity contribution in [1.82, 2.24) is 16.0 Å². The zero-order valence-electron chi connectivity index (χ0n) is 17.1. The molecule has 3 fully saturated rings. The average Bonchev–Trinajstić information content (AvgIpc) is 3.50. The van der Waals surface area contributed by atoms with Gasteiger partial charge in [-0.05, 0) is 43.4 Å². The number of ether oxygens (including phenoxy) is 2. The lowest BCUT2D eigenvalue weighted by molar-refractivity contribution is -0.123. The number of thioether (sulfide) groups is 1. The maximum atomic E-state index is 12.8. The highest BCUT2D eigenvalue weighted by molar-refractivity contribution is 8.00. The third kappa shape index (κ3) is 3.82. The van der Waals surface area contributed by atoms with E-state index in [2.05, 4.69) is 22.0 Å². The van der Waals surface area contributed by atoms with E-state index < -0.39 is 0 Å². The quantitative estimate of drug-likeness (QED) is 0.456. The molecule has 3 amide bonds. The number of nitrogens with one attached hydrogen (secondary N) is 3. The van der Waals surface area contributed by atoms with Gasteiger partial charge in [-0.25, -0.2) is 4.79 Å². The molecule has 1 aliphatic carbocycles. The predicted molar refractivity (Wildman–Crippen MR) is 115 cm³/mol. The van der Waals surface area contributed by atoms with Gasteiger partial charge in [-0.3, -0.25) is 4.79 Å². The van der Waals surface area contributed by atoms with Crippen LogP contribution in [0.15, 0.2) is 18.2 Å². The number of hydrogen-bond acceptors (Lipinski definition) is 5. The van der Waals surface area contributed by atoms with Crippen molar-refractivity contribution in [2.45, 2.75) is 74.2 Å². The number of fused-ring (bicyclic) bond motifs is 2. The second kappa shape index (κ2) is 8.21. The smallest absolute Gasteiger partial charge is 0.315 e. The lowest BCUT2D eigenvalue weighted by atomic mass is 9.87. The molecule has 162 valence electrons. The zero-order valence-corrected chi connectivity index (χ0v) is 17.9. The van der Waals surface area contributed by atoms with Crippen LogP contribution < -0.4 is 25.4 Å². The number of urea groups is 1. The number of hydrogen-bond donors (Lipinski definition) is 3.